The van der Waals surface area contributed by atoms with Gasteiger partial charge in [-0.1, -0.05) is 58.6 Å². The minimum Gasteiger partial charge on any atom is -0.494 e. The molecule has 1 N–H and O–H groups in total. The Kier molecular flexibility index (Phi) is 9.55. The van der Waals surface area contributed by atoms with E-state index in [-0.39, 0.29) is 5.91 Å². The van der Waals surface area contributed by atoms with Crippen molar-refractivity contribution in [2.45, 2.75) is 71.8 Å². The zero-order chi connectivity index (χ0) is 21.1. The Morgan fingerprint density at radius 3 is 2.10 bits per heavy atom. The molecule has 0 aliphatic carbocycles. The summed E-state index contributed by atoms with van der Waals surface area (Å²) >= 11 is 0. The number of anilines is 1. The molecule has 2 rings (SSSR count). The fraction of sp³-hybridized carbons (Fsp3) is 0.480. The van der Waals surface area contributed by atoms with Gasteiger partial charge in [0.25, 0.3) is 5.91 Å². The lowest BCUT2D eigenvalue weighted by atomic mass is 10.0. The fourth-order valence-electron chi connectivity index (χ4n) is 2.96. The van der Waals surface area contributed by atoms with Crippen LogP contribution >= 0.6 is 0 Å². The summed E-state index contributed by atoms with van der Waals surface area (Å²) in [5.41, 5.74) is 1.98. The van der Waals surface area contributed by atoms with E-state index < -0.39 is 6.10 Å². The molecule has 0 aliphatic heterocycles. The predicted molar refractivity (Wildman–Crippen MR) is 120 cm³/mol. The maximum absolute atomic E-state index is 12.4. The number of hydrogen-bond donors (Lipinski definition) is 1. The molecule has 0 saturated heterocycles. The molecule has 29 heavy (non-hydrogen) atoms. The average molecular weight is 398 g/mol. The van der Waals surface area contributed by atoms with Crippen LogP contribution in [0.4, 0.5) is 5.69 Å². The van der Waals surface area contributed by atoms with Crippen LogP contribution in [0.5, 0.6) is 11.5 Å². The van der Waals surface area contributed by atoms with E-state index in [2.05, 4.69) is 26.1 Å². The number of benzene rings is 2. The number of amides is 1. The van der Waals surface area contributed by atoms with Crippen LogP contribution in [-0.4, -0.2) is 18.6 Å². The van der Waals surface area contributed by atoms with Gasteiger partial charge in [0.1, 0.15) is 11.5 Å². The Hall–Kier alpha value is -2.49. The Labute approximate surface area is 175 Å². The van der Waals surface area contributed by atoms with Crippen molar-refractivity contribution >= 4 is 11.6 Å². The molecule has 0 fully saturated rings. The first-order valence-corrected chi connectivity index (χ1v) is 10.8. The van der Waals surface area contributed by atoms with Gasteiger partial charge in [-0.3, -0.25) is 4.79 Å². The molecular formula is C25H35NO3. The summed E-state index contributed by atoms with van der Waals surface area (Å²) in [6.45, 7) is 9.00. The third-order valence-electron chi connectivity index (χ3n) is 4.87. The topological polar surface area (TPSA) is 47.6 Å². The first-order valence-electron chi connectivity index (χ1n) is 10.8. The van der Waals surface area contributed by atoms with Crippen LogP contribution in [0.3, 0.4) is 0 Å². The van der Waals surface area contributed by atoms with Crippen molar-refractivity contribution in [2.75, 3.05) is 11.9 Å². The summed E-state index contributed by atoms with van der Waals surface area (Å²) in [6, 6.07) is 15.4. The second-order valence-electron chi connectivity index (χ2n) is 7.76. The van der Waals surface area contributed by atoms with E-state index in [1.807, 2.05) is 48.5 Å². The van der Waals surface area contributed by atoms with Crippen molar-refractivity contribution < 1.29 is 14.3 Å². The molecule has 0 aliphatic rings. The average Bonchev–Trinajstić information content (AvgIpc) is 2.72. The monoisotopic (exact) mass is 397 g/mol. The highest BCUT2D eigenvalue weighted by atomic mass is 16.5. The van der Waals surface area contributed by atoms with Crippen LogP contribution < -0.4 is 14.8 Å². The molecule has 1 amide bonds. The second kappa shape index (κ2) is 12.2. The highest BCUT2D eigenvalue weighted by molar-refractivity contribution is 5.94. The van der Waals surface area contributed by atoms with Crippen LogP contribution in [0.25, 0.3) is 0 Å². The molecule has 158 valence electrons. The van der Waals surface area contributed by atoms with E-state index in [4.69, 9.17) is 9.47 Å². The van der Waals surface area contributed by atoms with Crippen molar-refractivity contribution in [1.29, 1.82) is 0 Å². The number of rotatable bonds is 12. The number of hydrogen-bond acceptors (Lipinski definition) is 3. The maximum atomic E-state index is 12.4. The van der Waals surface area contributed by atoms with E-state index in [9.17, 15) is 4.79 Å². The van der Waals surface area contributed by atoms with E-state index in [1.165, 1.54) is 31.2 Å². The van der Waals surface area contributed by atoms with Gasteiger partial charge in [0.05, 0.1) is 6.61 Å². The predicted octanol–water partition coefficient (Wildman–Crippen LogP) is 6.57. The maximum Gasteiger partial charge on any atom is 0.265 e. The van der Waals surface area contributed by atoms with Crippen molar-refractivity contribution in [3.8, 4) is 11.5 Å². The van der Waals surface area contributed by atoms with Crippen LogP contribution in [0, 0.1) is 0 Å². The molecule has 1 atom stereocenters. The largest absolute Gasteiger partial charge is 0.494 e. The van der Waals surface area contributed by atoms with Crippen molar-refractivity contribution in [2.24, 2.45) is 0 Å². The molecular weight excluding hydrogens is 362 g/mol. The smallest absolute Gasteiger partial charge is 0.265 e. The van der Waals surface area contributed by atoms with Crippen LogP contribution in [-0.2, 0) is 4.79 Å². The van der Waals surface area contributed by atoms with Gasteiger partial charge in [0.2, 0.25) is 0 Å². The van der Waals surface area contributed by atoms with Gasteiger partial charge < -0.3 is 14.8 Å². The Bertz CT molecular complexity index is 723. The normalized spacial score (nSPS) is 11.9. The molecule has 0 radical (unpaired) electrons. The molecule has 4 heteroatoms. The van der Waals surface area contributed by atoms with Crippen molar-refractivity contribution in [1.82, 2.24) is 0 Å². The Balaban J connectivity index is 1.76. The minimum atomic E-state index is -0.584. The minimum absolute atomic E-state index is 0.178. The van der Waals surface area contributed by atoms with E-state index in [0.717, 1.165) is 24.5 Å². The number of nitrogens with one attached hydrogen (secondary N) is 1. The summed E-state index contributed by atoms with van der Waals surface area (Å²) < 4.78 is 11.5. The number of carbonyl (C=O) groups excluding carboxylic acids is 1. The van der Waals surface area contributed by atoms with Crippen LogP contribution in [0.1, 0.15) is 71.3 Å². The zero-order valence-corrected chi connectivity index (χ0v) is 18.2. The first-order chi connectivity index (χ1) is 14.0. The first kappa shape index (κ1) is 22.8. The quantitative estimate of drug-likeness (QED) is 0.412. The van der Waals surface area contributed by atoms with E-state index in [0.29, 0.717) is 11.7 Å². The van der Waals surface area contributed by atoms with Crippen LogP contribution in [0.15, 0.2) is 48.5 Å². The molecule has 1 unspecified atom stereocenters. The molecule has 4 nitrogen and oxygen atoms in total. The van der Waals surface area contributed by atoms with E-state index in [1.54, 1.807) is 6.92 Å². The van der Waals surface area contributed by atoms with Gasteiger partial charge in [0.15, 0.2) is 6.10 Å². The molecule has 0 heterocycles. The molecule has 0 spiro atoms. The lowest BCUT2D eigenvalue weighted by Crippen LogP contribution is -2.30. The summed E-state index contributed by atoms with van der Waals surface area (Å²) in [5.74, 6) is 1.81. The lowest BCUT2D eigenvalue weighted by molar-refractivity contribution is -0.122. The van der Waals surface area contributed by atoms with Gasteiger partial charge in [-0.25, -0.2) is 0 Å². The number of ether oxygens (including phenoxy) is 2. The van der Waals surface area contributed by atoms with Gasteiger partial charge in [0, 0.05) is 5.69 Å². The summed E-state index contributed by atoms with van der Waals surface area (Å²) in [5, 5.41) is 2.89. The fourth-order valence-corrected chi connectivity index (χ4v) is 2.96. The summed E-state index contributed by atoms with van der Waals surface area (Å²) in [7, 11) is 0. The van der Waals surface area contributed by atoms with Crippen LogP contribution in [0.2, 0.25) is 0 Å². The molecule has 2 aromatic carbocycles. The SMILES string of the molecule is CCCCCCCOc1ccc(NC(=O)C(C)Oc2ccc(C(C)C)cc2)cc1. The molecule has 0 saturated carbocycles. The summed E-state index contributed by atoms with van der Waals surface area (Å²) in [6.07, 6.45) is 5.51. The van der Waals surface area contributed by atoms with Gasteiger partial charge in [-0.05, 0) is 61.2 Å². The third kappa shape index (κ3) is 8.18. The van der Waals surface area contributed by atoms with E-state index >= 15 is 0 Å². The Morgan fingerprint density at radius 1 is 0.862 bits per heavy atom. The number of carbonyl (C=O) groups is 1. The zero-order valence-electron chi connectivity index (χ0n) is 18.2. The van der Waals surface area contributed by atoms with Gasteiger partial charge >= 0.3 is 0 Å². The van der Waals surface area contributed by atoms with Gasteiger partial charge in [-0.15, -0.1) is 0 Å². The second-order valence-corrected chi connectivity index (χ2v) is 7.76. The Morgan fingerprint density at radius 2 is 1.48 bits per heavy atom. The van der Waals surface area contributed by atoms with Gasteiger partial charge in [-0.2, -0.15) is 0 Å². The number of unbranched alkanes of at least 4 members (excludes halogenated alkanes) is 4. The molecule has 2 aromatic rings. The van der Waals surface area contributed by atoms with Crippen molar-refractivity contribution in [3.05, 3.63) is 54.1 Å². The molecule has 0 aromatic heterocycles. The standard InChI is InChI=1S/C25H35NO3/c1-5-6-7-8-9-18-28-23-16-12-22(13-17-23)26-25(27)20(4)29-24-14-10-21(11-15-24)19(2)3/h10-17,19-20H,5-9,18H2,1-4H3,(H,26,27). The third-order valence-corrected chi connectivity index (χ3v) is 4.87. The lowest BCUT2D eigenvalue weighted by Gasteiger charge is -2.16. The van der Waals surface area contributed by atoms with Crippen molar-refractivity contribution in [3.63, 3.8) is 0 Å². The summed E-state index contributed by atoms with van der Waals surface area (Å²) in [4.78, 5) is 12.4. The molecule has 0 bridgehead atoms. The highest BCUT2D eigenvalue weighted by Crippen LogP contribution is 2.20. The highest BCUT2D eigenvalue weighted by Gasteiger charge is 2.15.